The number of aryl methyl sites for hydroxylation is 1. The van der Waals surface area contributed by atoms with Crippen molar-refractivity contribution in [2.45, 2.75) is 19.4 Å². The van der Waals surface area contributed by atoms with E-state index in [-0.39, 0.29) is 12.0 Å². The zero-order chi connectivity index (χ0) is 14.6. The SMILES string of the molecule is C=CCC(NC(=O)c1c(F)ccc(C)c1F)C(=O)O. The van der Waals surface area contributed by atoms with Gasteiger partial charge in [0.05, 0.1) is 0 Å². The predicted octanol–water partition coefficient (Wildman–Crippen LogP) is 2.03. The van der Waals surface area contributed by atoms with Crippen LogP contribution in [0, 0.1) is 18.6 Å². The Morgan fingerprint density at radius 2 is 2.11 bits per heavy atom. The van der Waals surface area contributed by atoms with Gasteiger partial charge in [-0.1, -0.05) is 12.1 Å². The minimum atomic E-state index is -1.30. The van der Waals surface area contributed by atoms with Gasteiger partial charge in [-0.25, -0.2) is 13.6 Å². The molecule has 1 rings (SSSR count). The number of nitrogens with one attached hydrogen (secondary N) is 1. The molecule has 6 heteroatoms. The highest BCUT2D eigenvalue weighted by Crippen LogP contribution is 2.16. The second-order valence-corrected chi connectivity index (χ2v) is 3.94. The Kier molecular flexibility index (Phi) is 4.74. The van der Waals surface area contributed by atoms with Crippen molar-refractivity contribution in [3.63, 3.8) is 0 Å². The van der Waals surface area contributed by atoms with E-state index in [1.165, 1.54) is 19.1 Å². The summed E-state index contributed by atoms with van der Waals surface area (Å²) in [7, 11) is 0. The monoisotopic (exact) mass is 269 g/mol. The van der Waals surface area contributed by atoms with Gasteiger partial charge in [0.25, 0.3) is 5.91 Å². The van der Waals surface area contributed by atoms with Gasteiger partial charge in [0.2, 0.25) is 0 Å². The van der Waals surface area contributed by atoms with Crippen LogP contribution >= 0.6 is 0 Å². The molecule has 0 radical (unpaired) electrons. The molecule has 0 spiro atoms. The molecule has 0 fully saturated rings. The molecule has 1 atom stereocenters. The van der Waals surface area contributed by atoms with Crippen LogP contribution in [0.1, 0.15) is 22.3 Å². The maximum absolute atomic E-state index is 13.7. The number of hydrogen-bond acceptors (Lipinski definition) is 2. The van der Waals surface area contributed by atoms with Gasteiger partial charge >= 0.3 is 5.97 Å². The number of carbonyl (C=O) groups excluding carboxylic acids is 1. The fourth-order valence-corrected chi connectivity index (χ4v) is 1.48. The van der Waals surface area contributed by atoms with Crippen molar-refractivity contribution in [1.82, 2.24) is 5.32 Å². The lowest BCUT2D eigenvalue weighted by Gasteiger charge is -2.13. The van der Waals surface area contributed by atoms with E-state index in [0.29, 0.717) is 0 Å². The van der Waals surface area contributed by atoms with E-state index in [9.17, 15) is 18.4 Å². The number of hydrogen-bond donors (Lipinski definition) is 2. The Morgan fingerprint density at radius 1 is 1.47 bits per heavy atom. The van der Waals surface area contributed by atoms with E-state index in [0.717, 1.165) is 6.07 Å². The van der Waals surface area contributed by atoms with Gasteiger partial charge in [0.15, 0.2) is 0 Å². The molecule has 1 aromatic rings. The van der Waals surface area contributed by atoms with E-state index in [4.69, 9.17) is 5.11 Å². The number of carboxylic acid groups (broad SMARTS) is 1. The molecule has 2 N–H and O–H groups in total. The standard InChI is InChI=1S/C13H13F2NO3/c1-3-4-9(13(18)19)16-12(17)10-8(14)6-5-7(2)11(10)15/h3,5-6,9H,1,4H2,2H3,(H,16,17)(H,18,19). The second kappa shape index (κ2) is 6.08. The average Bonchev–Trinajstić information content (AvgIpc) is 2.33. The Labute approximate surface area is 108 Å². The van der Waals surface area contributed by atoms with Gasteiger partial charge in [0.1, 0.15) is 23.2 Å². The molecule has 1 amide bonds. The van der Waals surface area contributed by atoms with E-state index in [1.807, 2.05) is 0 Å². The lowest BCUT2D eigenvalue weighted by Crippen LogP contribution is -2.41. The minimum Gasteiger partial charge on any atom is -0.480 e. The number of carbonyl (C=O) groups is 2. The molecule has 19 heavy (non-hydrogen) atoms. The molecule has 0 bridgehead atoms. The summed E-state index contributed by atoms with van der Waals surface area (Å²) >= 11 is 0. The molecule has 0 saturated carbocycles. The smallest absolute Gasteiger partial charge is 0.326 e. The third kappa shape index (κ3) is 3.37. The zero-order valence-corrected chi connectivity index (χ0v) is 10.2. The van der Waals surface area contributed by atoms with Crippen LogP contribution in [0.2, 0.25) is 0 Å². The normalized spacial score (nSPS) is 11.7. The van der Waals surface area contributed by atoms with Crippen molar-refractivity contribution in [3.05, 3.63) is 47.5 Å². The van der Waals surface area contributed by atoms with Crippen LogP contribution in [0.25, 0.3) is 0 Å². The molecule has 102 valence electrons. The van der Waals surface area contributed by atoms with Crippen LogP contribution in [0.3, 0.4) is 0 Å². The van der Waals surface area contributed by atoms with Gasteiger partial charge < -0.3 is 10.4 Å². The molecule has 0 aliphatic carbocycles. The highest BCUT2D eigenvalue weighted by Gasteiger charge is 2.24. The van der Waals surface area contributed by atoms with Crippen molar-refractivity contribution >= 4 is 11.9 Å². The van der Waals surface area contributed by atoms with E-state index >= 15 is 0 Å². The summed E-state index contributed by atoms with van der Waals surface area (Å²) in [5, 5.41) is 10.9. The van der Waals surface area contributed by atoms with Gasteiger partial charge in [-0.3, -0.25) is 4.79 Å². The van der Waals surface area contributed by atoms with Gasteiger partial charge in [-0.15, -0.1) is 6.58 Å². The number of carboxylic acids is 1. The van der Waals surface area contributed by atoms with Gasteiger partial charge in [-0.2, -0.15) is 0 Å². The molecular weight excluding hydrogens is 256 g/mol. The molecule has 1 unspecified atom stereocenters. The van der Waals surface area contributed by atoms with Crippen LogP contribution < -0.4 is 5.32 Å². The summed E-state index contributed by atoms with van der Waals surface area (Å²) in [4.78, 5) is 22.6. The quantitative estimate of drug-likeness (QED) is 0.804. The largest absolute Gasteiger partial charge is 0.480 e. The van der Waals surface area contributed by atoms with Crippen molar-refractivity contribution in [2.75, 3.05) is 0 Å². The van der Waals surface area contributed by atoms with Crippen molar-refractivity contribution in [2.24, 2.45) is 0 Å². The van der Waals surface area contributed by atoms with Gasteiger partial charge in [0, 0.05) is 0 Å². The first-order valence-electron chi connectivity index (χ1n) is 5.47. The van der Waals surface area contributed by atoms with Crippen molar-refractivity contribution in [3.8, 4) is 0 Å². The van der Waals surface area contributed by atoms with E-state index in [1.54, 1.807) is 0 Å². The highest BCUT2D eigenvalue weighted by molar-refractivity contribution is 5.97. The summed E-state index contributed by atoms with van der Waals surface area (Å²) in [6.45, 7) is 4.73. The zero-order valence-electron chi connectivity index (χ0n) is 10.2. The lowest BCUT2D eigenvalue weighted by molar-refractivity contribution is -0.139. The maximum Gasteiger partial charge on any atom is 0.326 e. The molecule has 0 aromatic heterocycles. The fourth-order valence-electron chi connectivity index (χ4n) is 1.48. The first kappa shape index (κ1) is 14.8. The fraction of sp³-hybridized carbons (Fsp3) is 0.231. The van der Waals surface area contributed by atoms with Crippen LogP contribution in [0.4, 0.5) is 8.78 Å². The third-order valence-electron chi connectivity index (χ3n) is 2.52. The highest BCUT2D eigenvalue weighted by atomic mass is 19.1. The van der Waals surface area contributed by atoms with Crippen molar-refractivity contribution in [1.29, 1.82) is 0 Å². The first-order chi connectivity index (χ1) is 8.88. The molecule has 0 aliphatic heterocycles. The van der Waals surface area contributed by atoms with Crippen LogP contribution in [0.5, 0.6) is 0 Å². The molecule has 1 aromatic carbocycles. The Bertz CT molecular complexity index is 529. The van der Waals surface area contributed by atoms with Crippen LogP contribution in [0.15, 0.2) is 24.8 Å². The van der Waals surface area contributed by atoms with E-state index < -0.39 is 35.1 Å². The molecular formula is C13H13F2NO3. The second-order valence-electron chi connectivity index (χ2n) is 3.94. The molecule has 4 nitrogen and oxygen atoms in total. The Balaban J connectivity index is 3.04. The van der Waals surface area contributed by atoms with Gasteiger partial charge in [-0.05, 0) is 25.0 Å². The maximum atomic E-state index is 13.7. The first-order valence-corrected chi connectivity index (χ1v) is 5.47. The number of benzene rings is 1. The summed E-state index contributed by atoms with van der Waals surface area (Å²) in [6.07, 6.45) is 1.25. The molecule has 0 saturated heterocycles. The summed E-state index contributed by atoms with van der Waals surface area (Å²) in [5.74, 6) is -4.45. The van der Waals surface area contributed by atoms with Crippen LogP contribution in [-0.4, -0.2) is 23.0 Å². The van der Waals surface area contributed by atoms with Crippen molar-refractivity contribution < 1.29 is 23.5 Å². The molecule has 0 aliphatic rings. The number of amides is 1. The summed E-state index contributed by atoms with van der Waals surface area (Å²) in [6, 6.07) is 0.875. The lowest BCUT2D eigenvalue weighted by atomic mass is 10.1. The minimum absolute atomic E-state index is 0.0455. The molecule has 0 heterocycles. The predicted molar refractivity (Wildman–Crippen MR) is 64.8 cm³/mol. The number of halogens is 2. The third-order valence-corrected chi connectivity index (χ3v) is 2.52. The summed E-state index contributed by atoms with van der Waals surface area (Å²) in [5.41, 5.74) is -0.683. The van der Waals surface area contributed by atoms with E-state index in [2.05, 4.69) is 11.9 Å². The topological polar surface area (TPSA) is 66.4 Å². The Hall–Kier alpha value is -2.24. The average molecular weight is 269 g/mol. The summed E-state index contributed by atoms with van der Waals surface area (Å²) < 4.78 is 27.1. The Morgan fingerprint density at radius 3 is 2.63 bits per heavy atom. The number of rotatable bonds is 5. The number of aliphatic carboxylic acids is 1. The van der Waals surface area contributed by atoms with Crippen LogP contribution in [-0.2, 0) is 4.79 Å².